The van der Waals surface area contributed by atoms with Crippen LogP contribution in [-0.2, 0) is 14.4 Å². The predicted octanol–water partition coefficient (Wildman–Crippen LogP) is -0.504. The van der Waals surface area contributed by atoms with Crippen molar-refractivity contribution < 1.29 is 24.3 Å². The highest BCUT2D eigenvalue weighted by Gasteiger charge is 2.47. The van der Waals surface area contributed by atoms with Crippen molar-refractivity contribution in [3.05, 3.63) is 0 Å². The Bertz CT molecular complexity index is 510. The third-order valence-corrected chi connectivity index (χ3v) is 4.29. The molecule has 2 aliphatic heterocycles. The number of hydrogen-bond donors (Lipinski definition) is 2. The molecule has 0 saturated carbocycles. The summed E-state index contributed by atoms with van der Waals surface area (Å²) < 4.78 is 0. The first-order valence-electron chi connectivity index (χ1n) is 6.78. The number of aliphatic carboxylic acids is 1. The molecule has 2 aliphatic rings. The molecule has 1 atom stereocenters. The summed E-state index contributed by atoms with van der Waals surface area (Å²) in [6, 6.07) is -0.406. The van der Waals surface area contributed by atoms with Crippen LogP contribution in [0.5, 0.6) is 0 Å². The maximum atomic E-state index is 12.4. The van der Waals surface area contributed by atoms with Crippen LogP contribution in [-0.4, -0.2) is 63.9 Å². The van der Waals surface area contributed by atoms with Gasteiger partial charge in [-0.15, -0.1) is 0 Å². The quantitative estimate of drug-likeness (QED) is 0.668. The van der Waals surface area contributed by atoms with Crippen LogP contribution >= 0.6 is 0 Å². The minimum Gasteiger partial charge on any atom is -0.481 e. The summed E-state index contributed by atoms with van der Waals surface area (Å²) in [5, 5.41) is 11.1. The van der Waals surface area contributed by atoms with Crippen molar-refractivity contribution in [2.75, 3.05) is 19.6 Å². The Balaban J connectivity index is 2.03. The number of carbonyl (C=O) groups is 4. The summed E-state index contributed by atoms with van der Waals surface area (Å²) >= 11 is 0. The molecule has 1 unspecified atom stereocenters. The van der Waals surface area contributed by atoms with E-state index in [0.29, 0.717) is 13.1 Å². The molecule has 116 valence electrons. The highest BCUT2D eigenvalue weighted by molar-refractivity contribution is 6.06. The van der Waals surface area contributed by atoms with Gasteiger partial charge in [0.05, 0.1) is 5.92 Å². The number of piperazine rings is 1. The van der Waals surface area contributed by atoms with E-state index in [-0.39, 0.29) is 12.5 Å². The van der Waals surface area contributed by atoms with E-state index in [1.165, 1.54) is 9.80 Å². The van der Waals surface area contributed by atoms with Crippen molar-refractivity contribution >= 4 is 23.8 Å². The number of rotatable bonds is 2. The number of carboxylic acids is 1. The average molecular weight is 297 g/mol. The molecule has 2 N–H and O–H groups in total. The lowest BCUT2D eigenvalue weighted by atomic mass is 9.87. The number of hydrogen-bond acceptors (Lipinski definition) is 4. The maximum Gasteiger partial charge on any atom is 0.321 e. The minimum absolute atomic E-state index is 0.0936. The van der Waals surface area contributed by atoms with Crippen LogP contribution in [0.25, 0.3) is 0 Å². The normalized spacial score (nSPS) is 23.4. The number of amides is 4. The van der Waals surface area contributed by atoms with Crippen LogP contribution in [0.4, 0.5) is 4.79 Å². The van der Waals surface area contributed by atoms with Gasteiger partial charge in [-0.1, -0.05) is 6.92 Å². The number of nitrogens with zero attached hydrogens (tertiary/aromatic N) is 2. The first-order chi connectivity index (χ1) is 9.64. The molecule has 21 heavy (non-hydrogen) atoms. The molecule has 0 radical (unpaired) electrons. The smallest absolute Gasteiger partial charge is 0.321 e. The molecule has 0 bridgehead atoms. The third kappa shape index (κ3) is 2.57. The van der Waals surface area contributed by atoms with Crippen molar-refractivity contribution in [3.8, 4) is 0 Å². The SMILES string of the molecule is CC(C(=O)O)C1CN(C(=O)N2CC(=O)NC(=O)C2(C)C)C1. The lowest BCUT2D eigenvalue weighted by molar-refractivity contribution is -0.145. The standard InChI is InChI=1S/C13H19N3O5/c1-7(10(18)19)8-4-15(5-8)12(21)16-6-9(17)14-11(20)13(16,2)3/h7-8H,4-6H2,1-3H3,(H,18,19)(H,14,17,20). The zero-order chi connectivity index (χ0) is 15.9. The van der Waals surface area contributed by atoms with Gasteiger partial charge in [-0.25, -0.2) is 4.79 Å². The zero-order valence-electron chi connectivity index (χ0n) is 12.3. The molecule has 0 aromatic rings. The summed E-state index contributed by atoms with van der Waals surface area (Å²) in [5.41, 5.74) is -1.10. The van der Waals surface area contributed by atoms with Crippen LogP contribution in [0, 0.1) is 11.8 Å². The topological polar surface area (TPSA) is 107 Å². The van der Waals surface area contributed by atoms with Gasteiger partial charge in [0.2, 0.25) is 5.91 Å². The van der Waals surface area contributed by atoms with Crippen LogP contribution < -0.4 is 5.32 Å². The second-order valence-corrected chi connectivity index (χ2v) is 6.10. The number of carboxylic acid groups (broad SMARTS) is 1. The Morgan fingerprint density at radius 1 is 1.33 bits per heavy atom. The maximum absolute atomic E-state index is 12.4. The Morgan fingerprint density at radius 2 is 1.90 bits per heavy atom. The summed E-state index contributed by atoms with van der Waals surface area (Å²) in [4.78, 5) is 49.2. The van der Waals surface area contributed by atoms with Gasteiger partial charge >= 0.3 is 12.0 Å². The summed E-state index contributed by atoms with van der Waals surface area (Å²) in [6.45, 7) is 5.24. The molecular weight excluding hydrogens is 278 g/mol. The fraction of sp³-hybridized carbons (Fsp3) is 0.692. The highest BCUT2D eigenvalue weighted by Crippen LogP contribution is 2.28. The molecule has 2 rings (SSSR count). The number of likely N-dealkylation sites (tertiary alicyclic amines) is 1. The Kier molecular flexibility index (Phi) is 3.65. The molecule has 2 fully saturated rings. The first-order valence-corrected chi connectivity index (χ1v) is 6.78. The molecule has 0 spiro atoms. The van der Waals surface area contributed by atoms with Gasteiger partial charge in [0.1, 0.15) is 12.1 Å². The number of urea groups is 1. The highest BCUT2D eigenvalue weighted by atomic mass is 16.4. The molecule has 0 aromatic heterocycles. The van der Waals surface area contributed by atoms with Gasteiger partial charge in [-0.3, -0.25) is 19.7 Å². The summed E-state index contributed by atoms with van der Waals surface area (Å²) in [6.07, 6.45) is 0. The van der Waals surface area contributed by atoms with Crippen molar-refractivity contribution in [1.29, 1.82) is 0 Å². The molecule has 4 amide bonds. The molecule has 8 nitrogen and oxygen atoms in total. The van der Waals surface area contributed by atoms with Crippen molar-refractivity contribution in [2.24, 2.45) is 11.8 Å². The summed E-state index contributed by atoms with van der Waals surface area (Å²) in [7, 11) is 0. The van der Waals surface area contributed by atoms with Gasteiger partial charge in [0.25, 0.3) is 5.91 Å². The number of imide groups is 1. The van der Waals surface area contributed by atoms with Crippen LogP contribution in [0.1, 0.15) is 20.8 Å². The van der Waals surface area contributed by atoms with E-state index >= 15 is 0 Å². The van der Waals surface area contributed by atoms with E-state index in [0.717, 1.165) is 0 Å². The van der Waals surface area contributed by atoms with E-state index in [4.69, 9.17) is 5.11 Å². The van der Waals surface area contributed by atoms with E-state index in [9.17, 15) is 19.2 Å². The molecule has 2 saturated heterocycles. The Hall–Kier alpha value is -2.12. The third-order valence-electron chi connectivity index (χ3n) is 4.29. The monoisotopic (exact) mass is 297 g/mol. The number of carbonyl (C=O) groups excluding carboxylic acids is 3. The summed E-state index contributed by atoms with van der Waals surface area (Å²) in [5.74, 6) is -2.52. The molecule has 0 aliphatic carbocycles. The largest absolute Gasteiger partial charge is 0.481 e. The van der Waals surface area contributed by atoms with E-state index in [1.54, 1.807) is 20.8 Å². The Morgan fingerprint density at radius 3 is 2.43 bits per heavy atom. The second kappa shape index (κ2) is 5.01. The molecule has 8 heteroatoms. The van der Waals surface area contributed by atoms with Crippen molar-refractivity contribution in [2.45, 2.75) is 26.3 Å². The van der Waals surface area contributed by atoms with Gasteiger partial charge in [0, 0.05) is 19.0 Å². The van der Waals surface area contributed by atoms with Gasteiger partial charge in [0.15, 0.2) is 0 Å². The van der Waals surface area contributed by atoms with E-state index in [2.05, 4.69) is 5.32 Å². The molecular formula is C13H19N3O5. The first kappa shape index (κ1) is 15.3. The van der Waals surface area contributed by atoms with Crippen molar-refractivity contribution in [3.63, 3.8) is 0 Å². The lowest BCUT2D eigenvalue weighted by Gasteiger charge is -2.47. The fourth-order valence-electron chi connectivity index (χ4n) is 2.45. The van der Waals surface area contributed by atoms with Crippen LogP contribution in [0.15, 0.2) is 0 Å². The lowest BCUT2D eigenvalue weighted by Crippen LogP contribution is -2.69. The molecule has 2 heterocycles. The fourth-order valence-corrected chi connectivity index (χ4v) is 2.45. The molecule has 0 aromatic carbocycles. The minimum atomic E-state index is -1.10. The van der Waals surface area contributed by atoms with Crippen LogP contribution in [0.3, 0.4) is 0 Å². The van der Waals surface area contributed by atoms with Gasteiger partial charge in [-0.2, -0.15) is 0 Å². The average Bonchev–Trinajstić information content (AvgIpc) is 2.31. The van der Waals surface area contributed by atoms with Gasteiger partial charge < -0.3 is 14.9 Å². The van der Waals surface area contributed by atoms with Gasteiger partial charge in [-0.05, 0) is 13.8 Å². The Labute approximate surface area is 122 Å². The number of nitrogens with one attached hydrogen (secondary N) is 1. The van der Waals surface area contributed by atoms with E-state index in [1.807, 2.05) is 0 Å². The zero-order valence-corrected chi connectivity index (χ0v) is 12.3. The van der Waals surface area contributed by atoms with E-state index < -0.39 is 35.3 Å². The van der Waals surface area contributed by atoms with Crippen LogP contribution in [0.2, 0.25) is 0 Å². The predicted molar refractivity (Wildman–Crippen MR) is 71.2 cm³/mol. The van der Waals surface area contributed by atoms with Crippen molar-refractivity contribution in [1.82, 2.24) is 15.1 Å². The second-order valence-electron chi connectivity index (χ2n) is 6.10.